The van der Waals surface area contributed by atoms with Crippen molar-refractivity contribution in [1.82, 2.24) is 0 Å². The highest BCUT2D eigenvalue weighted by Gasteiger charge is 2.65. The minimum absolute atomic E-state index is 0.0594. The Balaban J connectivity index is 1.71. The molecule has 0 aliphatic carbocycles. The molecule has 3 rings (SSSR count). The van der Waals surface area contributed by atoms with Gasteiger partial charge in [-0.1, -0.05) is 60.1 Å². The second-order valence-electron chi connectivity index (χ2n) is 6.69. The van der Waals surface area contributed by atoms with Crippen molar-refractivity contribution in [3.05, 3.63) is 35.9 Å². The fraction of sp³-hybridized carbons (Fsp3) is 0.647. The minimum Gasteiger partial charge on any atom is -0.370 e. The molecule has 2 nitrogen and oxygen atoms in total. The van der Waals surface area contributed by atoms with Gasteiger partial charge in [-0.3, -0.25) is 0 Å². The number of halogens is 1. The average Bonchev–Trinajstić information content (AvgIpc) is 2.85. The van der Waals surface area contributed by atoms with Gasteiger partial charge < -0.3 is 9.47 Å². The van der Waals surface area contributed by atoms with Gasteiger partial charge in [0.05, 0.1) is 23.9 Å². The highest BCUT2D eigenvalue weighted by Crippen LogP contribution is 2.57. The van der Waals surface area contributed by atoms with Crippen molar-refractivity contribution in [3.8, 4) is 0 Å². The van der Waals surface area contributed by atoms with Crippen LogP contribution in [-0.4, -0.2) is 22.1 Å². The third-order valence-electron chi connectivity index (χ3n) is 4.99. The number of benzene rings is 1. The number of alkyl halides is 1. The van der Waals surface area contributed by atoms with Crippen molar-refractivity contribution >= 4 is 15.9 Å². The van der Waals surface area contributed by atoms with Crippen molar-refractivity contribution in [2.24, 2.45) is 5.92 Å². The molecule has 2 fully saturated rings. The summed E-state index contributed by atoms with van der Waals surface area (Å²) in [5.74, 6) is 0.499. The van der Waals surface area contributed by atoms with Crippen LogP contribution in [0.3, 0.4) is 0 Å². The molecule has 2 aliphatic rings. The Morgan fingerprint density at radius 1 is 1.30 bits per heavy atom. The van der Waals surface area contributed by atoms with E-state index in [1.807, 2.05) is 6.07 Å². The van der Waals surface area contributed by atoms with Crippen LogP contribution < -0.4 is 0 Å². The van der Waals surface area contributed by atoms with Gasteiger partial charge in [0.25, 0.3) is 0 Å². The van der Waals surface area contributed by atoms with Gasteiger partial charge in [-0.05, 0) is 24.8 Å². The van der Waals surface area contributed by atoms with Gasteiger partial charge in [-0.25, -0.2) is 0 Å². The molecule has 20 heavy (non-hydrogen) atoms. The summed E-state index contributed by atoms with van der Waals surface area (Å²) in [6.07, 6.45) is 2.22. The van der Waals surface area contributed by atoms with Gasteiger partial charge in [-0.2, -0.15) is 0 Å². The Bertz CT molecular complexity index is 475. The predicted molar refractivity (Wildman–Crippen MR) is 84.0 cm³/mol. The molecule has 0 spiro atoms. The lowest BCUT2D eigenvalue weighted by atomic mass is 9.75. The smallest absolute Gasteiger partial charge is 0.0936 e. The molecular formula is C17H23BrO2. The molecule has 0 unspecified atom stereocenters. The second-order valence-corrected chi connectivity index (χ2v) is 7.79. The molecule has 2 bridgehead atoms. The normalized spacial score (nSPS) is 39.6. The summed E-state index contributed by atoms with van der Waals surface area (Å²) in [6.45, 7) is 7.37. The van der Waals surface area contributed by atoms with Crippen molar-refractivity contribution in [2.45, 2.75) is 62.4 Å². The number of hydrogen-bond acceptors (Lipinski definition) is 2. The number of rotatable bonds is 4. The SMILES string of the molecule is CC(C)[C@]12C[C@@H](OCc3ccccc3)[C@](C)(C[C@@H]1Br)O2. The molecule has 0 aromatic heterocycles. The van der Waals surface area contributed by atoms with Gasteiger partial charge in [0.1, 0.15) is 0 Å². The summed E-state index contributed by atoms with van der Waals surface area (Å²) < 4.78 is 12.7. The first-order valence-corrected chi connectivity index (χ1v) is 8.38. The van der Waals surface area contributed by atoms with Gasteiger partial charge in [0.15, 0.2) is 0 Å². The van der Waals surface area contributed by atoms with E-state index in [2.05, 4.69) is 61.0 Å². The molecule has 2 saturated heterocycles. The first-order chi connectivity index (χ1) is 9.46. The summed E-state index contributed by atoms with van der Waals surface area (Å²) in [5.41, 5.74) is 1.02. The van der Waals surface area contributed by atoms with Crippen LogP contribution in [0.25, 0.3) is 0 Å². The Morgan fingerprint density at radius 2 is 2.00 bits per heavy atom. The summed E-state index contributed by atoms with van der Waals surface area (Å²) >= 11 is 3.83. The Labute approximate surface area is 130 Å². The van der Waals surface area contributed by atoms with Gasteiger partial charge in [0, 0.05) is 11.2 Å². The zero-order valence-corrected chi connectivity index (χ0v) is 14.0. The number of hydrogen-bond donors (Lipinski definition) is 0. The molecule has 1 aromatic carbocycles. The molecular weight excluding hydrogens is 316 g/mol. The maximum Gasteiger partial charge on any atom is 0.0936 e. The molecule has 0 radical (unpaired) electrons. The molecule has 4 atom stereocenters. The molecule has 0 N–H and O–H groups in total. The largest absolute Gasteiger partial charge is 0.370 e. The molecule has 0 saturated carbocycles. The maximum atomic E-state index is 6.45. The van der Waals surface area contributed by atoms with E-state index in [4.69, 9.17) is 9.47 Å². The van der Waals surface area contributed by atoms with E-state index in [1.54, 1.807) is 0 Å². The Hall–Kier alpha value is -0.380. The average molecular weight is 339 g/mol. The van der Waals surface area contributed by atoms with Gasteiger partial charge in [0.2, 0.25) is 0 Å². The monoisotopic (exact) mass is 338 g/mol. The van der Waals surface area contributed by atoms with Crippen molar-refractivity contribution in [1.29, 1.82) is 0 Å². The van der Waals surface area contributed by atoms with E-state index >= 15 is 0 Å². The van der Waals surface area contributed by atoms with Gasteiger partial charge in [-0.15, -0.1) is 0 Å². The van der Waals surface area contributed by atoms with E-state index in [1.165, 1.54) is 5.56 Å². The van der Waals surface area contributed by atoms with Crippen molar-refractivity contribution in [2.75, 3.05) is 0 Å². The standard InChI is InChI=1S/C17H23BrO2/c1-12(2)17-10-15(16(3,20-17)9-14(17)18)19-11-13-7-5-4-6-8-13/h4-8,12,14-15H,9-11H2,1-3H3/t14-,15+,16-,17+/m0/s1. The molecule has 2 aliphatic heterocycles. The first-order valence-electron chi connectivity index (χ1n) is 7.46. The third-order valence-corrected chi connectivity index (χ3v) is 6.09. The number of ether oxygens (including phenoxy) is 2. The van der Waals surface area contributed by atoms with E-state index in [0.29, 0.717) is 17.4 Å². The Morgan fingerprint density at radius 3 is 2.60 bits per heavy atom. The van der Waals surface area contributed by atoms with Crippen LogP contribution in [0.2, 0.25) is 0 Å². The lowest BCUT2D eigenvalue weighted by molar-refractivity contribution is -0.0955. The third kappa shape index (κ3) is 2.24. The number of fused-ring (bicyclic) bond motifs is 2. The summed E-state index contributed by atoms with van der Waals surface area (Å²) in [6, 6.07) is 10.4. The quantitative estimate of drug-likeness (QED) is 0.761. The zero-order valence-electron chi connectivity index (χ0n) is 12.4. The zero-order chi connectivity index (χ0) is 14.4. The van der Waals surface area contributed by atoms with E-state index in [9.17, 15) is 0 Å². The van der Waals surface area contributed by atoms with Crippen LogP contribution in [-0.2, 0) is 16.1 Å². The van der Waals surface area contributed by atoms with Crippen LogP contribution in [0.5, 0.6) is 0 Å². The van der Waals surface area contributed by atoms with Crippen molar-refractivity contribution in [3.63, 3.8) is 0 Å². The summed E-state index contributed by atoms with van der Waals surface area (Å²) in [7, 11) is 0. The second kappa shape index (κ2) is 5.11. The van der Waals surface area contributed by atoms with E-state index in [-0.39, 0.29) is 17.3 Å². The van der Waals surface area contributed by atoms with Crippen LogP contribution in [0.1, 0.15) is 39.2 Å². The van der Waals surface area contributed by atoms with Crippen LogP contribution in [0, 0.1) is 5.92 Å². The Kier molecular flexibility index (Phi) is 3.72. The lowest BCUT2D eigenvalue weighted by Gasteiger charge is -2.35. The fourth-order valence-electron chi connectivity index (χ4n) is 3.66. The molecule has 3 heteroatoms. The fourth-order valence-corrected chi connectivity index (χ4v) is 5.11. The molecule has 110 valence electrons. The highest BCUT2D eigenvalue weighted by atomic mass is 79.9. The summed E-state index contributed by atoms with van der Waals surface area (Å²) in [4.78, 5) is 0.441. The minimum atomic E-state index is -0.146. The van der Waals surface area contributed by atoms with Gasteiger partial charge >= 0.3 is 0 Å². The van der Waals surface area contributed by atoms with Crippen LogP contribution in [0.4, 0.5) is 0 Å². The van der Waals surface area contributed by atoms with Crippen molar-refractivity contribution < 1.29 is 9.47 Å². The van der Waals surface area contributed by atoms with Crippen LogP contribution in [0.15, 0.2) is 30.3 Å². The maximum absolute atomic E-state index is 6.45. The highest BCUT2D eigenvalue weighted by molar-refractivity contribution is 9.09. The predicted octanol–water partition coefficient (Wildman–Crippen LogP) is 4.31. The van der Waals surface area contributed by atoms with E-state index in [0.717, 1.165) is 12.8 Å². The lowest BCUT2D eigenvalue weighted by Crippen LogP contribution is -2.44. The molecule has 1 aromatic rings. The molecule has 0 amide bonds. The topological polar surface area (TPSA) is 18.5 Å². The summed E-state index contributed by atoms with van der Waals surface area (Å²) in [5, 5.41) is 0. The van der Waals surface area contributed by atoms with Crippen LogP contribution >= 0.6 is 15.9 Å². The van der Waals surface area contributed by atoms with E-state index < -0.39 is 0 Å². The first kappa shape index (κ1) is 14.6. The molecule has 2 heterocycles.